The summed E-state index contributed by atoms with van der Waals surface area (Å²) >= 11 is 0. The van der Waals surface area contributed by atoms with Crippen molar-refractivity contribution in [2.24, 2.45) is 5.92 Å². The van der Waals surface area contributed by atoms with Gasteiger partial charge in [0.05, 0.1) is 18.2 Å². The minimum absolute atomic E-state index is 0.0964. The van der Waals surface area contributed by atoms with Crippen molar-refractivity contribution in [3.05, 3.63) is 65.2 Å². The van der Waals surface area contributed by atoms with Crippen LogP contribution in [0.1, 0.15) is 59.9 Å². The molecule has 1 heterocycles. The molecule has 186 valence electrons. The van der Waals surface area contributed by atoms with Crippen LogP contribution in [0.4, 0.5) is 0 Å². The number of methoxy groups -OCH3 is 1. The highest BCUT2D eigenvalue weighted by Crippen LogP contribution is 2.23. The molecule has 0 fully saturated rings. The summed E-state index contributed by atoms with van der Waals surface area (Å²) in [4.78, 5) is 53.9. The van der Waals surface area contributed by atoms with Crippen LogP contribution in [0, 0.1) is 5.92 Å². The van der Waals surface area contributed by atoms with E-state index in [9.17, 15) is 19.2 Å². The van der Waals surface area contributed by atoms with Crippen LogP contribution < -0.4 is 10.1 Å². The lowest BCUT2D eigenvalue weighted by atomic mass is 10.1. The van der Waals surface area contributed by atoms with E-state index < -0.39 is 6.04 Å². The fourth-order valence-electron chi connectivity index (χ4n) is 3.98. The van der Waals surface area contributed by atoms with Crippen molar-refractivity contribution in [2.75, 3.05) is 20.2 Å². The van der Waals surface area contributed by atoms with Crippen LogP contribution in [-0.2, 0) is 16.1 Å². The van der Waals surface area contributed by atoms with Gasteiger partial charge in [-0.25, -0.2) is 0 Å². The molecule has 8 heteroatoms. The number of fused-ring (bicyclic) bond motifs is 1. The number of hydrogen-bond donors (Lipinski definition) is 1. The Morgan fingerprint density at radius 1 is 1.00 bits per heavy atom. The summed E-state index contributed by atoms with van der Waals surface area (Å²) in [5.41, 5.74) is 1.61. The van der Waals surface area contributed by atoms with Crippen molar-refractivity contribution in [1.82, 2.24) is 15.1 Å². The van der Waals surface area contributed by atoms with Gasteiger partial charge in [-0.1, -0.05) is 38.1 Å². The first kappa shape index (κ1) is 25.9. The van der Waals surface area contributed by atoms with Crippen molar-refractivity contribution >= 4 is 23.6 Å². The van der Waals surface area contributed by atoms with E-state index >= 15 is 0 Å². The average Bonchev–Trinajstić information content (AvgIpc) is 3.10. The Morgan fingerprint density at radius 3 is 2.26 bits per heavy atom. The second-order valence-corrected chi connectivity index (χ2v) is 9.10. The van der Waals surface area contributed by atoms with Crippen LogP contribution in [0.25, 0.3) is 0 Å². The summed E-state index contributed by atoms with van der Waals surface area (Å²) in [6, 6.07) is 13.4. The topological polar surface area (TPSA) is 96.0 Å². The summed E-state index contributed by atoms with van der Waals surface area (Å²) in [6.45, 7) is 6.60. The van der Waals surface area contributed by atoms with Crippen molar-refractivity contribution in [3.8, 4) is 5.75 Å². The number of hydrogen-bond acceptors (Lipinski definition) is 5. The van der Waals surface area contributed by atoms with Crippen LogP contribution in [-0.4, -0.2) is 59.7 Å². The molecule has 1 aliphatic rings. The van der Waals surface area contributed by atoms with Gasteiger partial charge in [0, 0.05) is 26.1 Å². The lowest BCUT2D eigenvalue weighted by molar-refractivity contribution is -0.140. The van der Waals surface area contributed by atoms with Gasteiger partial charge in [0.1, 0.15) is 11.8 Å². The Kier molecular flexibility index (Phi) is 8.63. The number of imide groups is 1. The van der Waals surface area contributed by atoms with Crippen LogP contribution in [0.3, 0.4) is 0 Å². The van der Waals surface area contributed by atoms with Gasteiger partial charge in [0.2, 0.25) is 11.8 Å². The normalized spacial score (nSPS) is 13.6. The molecule has 0 saturated heterocycles. The maximum atomic E-state index is 13.3. The van der Waals surface area contributed by atoms with Crippen LogP contribution in [0.5, 0.6) is 5.75 Å². The maximum absolute atomic E-state index is 13.3. The predicted molar refractivity (Wildman–Crippen MR) is 132 cm³/mol. The lowest BCUT2D eigenvalue weighted by Crippen LogP contribution is -2.48. The Balaban J connectivity index is 1.68. The second kappa shape index (κ2) is 11.6. The molecule has 0 unspecified atom stereocenters. The van der Waals surface area contributed by atoms with E-state index in [1.807, 2.05) is 38.1 Å². The van der Waals surface area contributed by atoms with Crippen molar-refractivity contribution < 1.29 is 23.9 Å². The molecule has 1 aliphatic heterocycles. The Hall–Kier alpha value is -3.68. The maximum Gasteiger partial charge on any atom is 0.261 e. The standard InChI is InChI=1S/C27H33N3O5/c1-18(2)16-28-25(32)19(3)30(17-20-9-7-10-21(15-20)35-4)24(31)13-8-14-29-26(33)22-11-5-6-12-23(22)27(29)34/h5-7,9-12,15,18-19H,8,13-14,16-17H2,1-4H3,(H,28,32)/t19-/m0/s1. The number of rotatable bonds is 11. The van der Waals surface area contributed by atoms with Crippen LogP contribution in [0.2, 0.25) is 0 Å². The fourth-order valence-corrected chi connectivity index (χ4v) is 3.98. The van der Waals surface area contributed by atoms with E-state index in [4.69, 9.17) is 4.74 Å². The Bertz CT molecular complexity index is 1060. The van der Waals surface area contributed by atoms with Crippen LogP contribution in [0.15, 0.2) is 48.5 Å². The van der Waals surface area contributed by atoms with Gasteiger partial charge in [0.25, 0.3) is 11.8 Å². The lowest BCUT2D eigenvalue weighted by Gasteiger charge is -2.29. The highest BCUT2D eigenvalue weighted by atomic mass is 16.5. The van der Waals surface area contributed by atoms with Gasteiger partial charge < -0.3 is 15.0 Å². The van der Waals surface area contributed by atoms with Gasteiger partial charge >= 0.3 is 0 Å². The smallest absolute Gasteiger partial charge is 0.261 e. The van der Waals surface area contributed by atoms with Crippen LogP contribution >= 0.6 is 0 Å². The first-order chi connectivity index (χ1) is 16.7. The molecule has 0 radical (unpaired) electrons. The van der Waals surface area contributed by atoms with Gasteiger partial charge in [-0.3, -0.25) is 24.1 Å². The average molecular weight is 480 g/mol. The van der Waals surface area contributed by atoms with Crippen molar-refractivity contribution in [2.45, 2.75) is 46.2 Å². The minimum Gasteiger partial charge on any atom is -0.497 e. The van der Waals surface area contributed by atoms with Gasteiger partial charge in [-0.05, 0) is 49.1 Å². The quantitative estimate of drug-likeness (QED) is 0.499. The fraction of sp³-hybridized carbons (Fsp3) is 0.407. The van der Waals surface area contributed by atoms with E-state index in [2.05, 4.69) is 5.32 Å². The Labute approximate surface area is 206 Å². The first-order valence-electron chi connectivity index (χ1n) is 11.9. The summed E-state index contributed by atoms with van der Waals surface area (Å²) < 4.78 is 5.29. The number of ether oxygens (including phenoxy) is 1. The molecule has 1 N–H and O–H groups in total. The number of nitrogens with one attached hydrogen (secondary N) is 1. The predicted octanol–water partition coefficient (Wildman–Crippen LogP) is 3.26. The van der Waals surface area contributed by atoms with E-state index in [-0.39, 0.29) is 49.1 Å². The largest absolute Gasteiger partial charge is 0.497 e. The number of carbonyl (C=O) groups is 4. The number of benzene rings is 2. The highest BCUT2D eigenvalue weighted by molar-refractivity contribution is 6.21. The SMILES string of the molecule is COc1cccc(CN(C(=O)CCCN2C(=O)c3ccccc3C2=O)[C@@H](C)C(=O)NCC(C)C)c1. The van der Waals surface area contributed by atoms with Crippen molar-refractivity contribution in [3.63, 3.8) is 0 Å². The molecule has 2 aromatic carbocycles. The zero-order chi connectivity index (χ0) is 25.5. The third kappa shape index (κ3) is 6.26. The minimum atomic E-state index is -0.688. The highest BCUT2D eigenvalue weighted by Gasteiger charge is 2.35. The van der Waals surface area contributed by atoms with E-state index in [0.29, 0.717) is 29.8 Å². The van der Waals surface area contributed by atoms with Gasteiger partial charge in [0.15, 0.2) is 0 Å². The molecule has 0 aromatic heterocycles. The molecular formula is C27H33N3O5. The van der Waals surface area contributed by atoms with E-state index in [1.165, 1.54) is 9.80 Å². The molecule has 0 aliphatic carbocycles. The third-order valence-electron chi connectivity index (χ3n) is 5.99. The monoisotopic (exact) mass is 479 g/mol. The molecule has 0 bridgehead atoms. The summed E-state index contributed by atoms with van der Waals surface area (Å²) in [5.74, 6) is -0.182. The van der Waals surface area contributed by atoms with Gasteiger partial charge in [-0.2, -0.15) is 0 Å². The molecule has 35 heavy (non-hydrogen) atoms. The van der Waals surface area contributed by atoms with Gasteiger partial charge in [-0.15, -0.1) is 0 Å². The summed E-state index contributed by atoms with van der Waals surface area (Å²) in [6.07, 6.45) is 0.401. The second-order valence-electron chi connectivity index (χ2n) is 9.10. The summed E-state index contributed by atoms with van der Waals surface area (Å²) in [5, 5.41) is 2.89. The van der Waals surface area contributed by atoms with Crippen molar-refractivity contribution in [1.29, 1.82) is 0 Å². The molecular weight excluding hydrogens is 446 g/mol. The molecule has 2 aromatic rings. The number of carbonyl (C=O) groups excluding carboxylic acids is 4. The number of nitrogens with zero attached hydrogens (tertiary/aromatic N) is 2. The zero-order valence-electron chi connectivity index (χ0n) is 20.7. The molecule has 8 nitrogen and oxygen atoms in total. The van der Waals surface area contributed by atoms with E-state index in [1.54, 1.807) is 38.3 Å². The molecule has 3 rings (SSSR count). The summed E-state index contributed by atoms with van der Waals surface area (Å²) in [7, 11) is 1.57. The molecule has 4 amide bonds. The first-order valence-corrected chi connectivity index (χ1v) is 11.9. The van der Waals surface area contributed by atoms with E-state index in [0.717, 1.165) is 5.56 Å². The number of amides is 4. The third-order valence-corrected chi connectivity index (χ3v) is 5.99. The Morgan fingerprint density at radius 2 is 1.66 bits per heavy atom. The molecule has 0 spiro atoms. The molecule has 0 saturated carbocycles. The molecule has 1 atom stereocenters. The zero-order valence-corrected chi connectivity index (χ0v) is 20.7.